The largest absolute Gasteiger partial charge is 0.444 e. The fourth-order valence-corrected chi connectivity index (χ4v) is 1.99. The Hall–Kier alpha value is -1.55. The molecule has 1 amide bonds. The summed E-state index contributed by atoms with van der Waals surface area (Å²) < 4.78 is 10.2. The van der Waals surface area contributed by atoms with Crippen LogP contribution >= 0.6 is 24.0 Å². The summed E-state index contributed by atoms with van der Waals surface area (Å²) in [5.74, 6) is 0.750. The molecule has 0 unspecified atom stereocenters. The SMILES string of the molecule is CN=C(NCCOC)NCCc1ccc(NC(=O)OC(C)(C)C)cc1.I. The van der Waals surface area contributed by atoms with E-state index in [1.165, 1.54) is 0 Å². The van der Waals surface area contributed by atoms with Gasteiger partial charge in [0.15, 0.2) is 5.96 Å². The first-order valence-electron chi connectivity index (χ1n) is 8.36. The van der Waals surface area contributed by atoms with E-state index in [-0.39, 0.29) is 24.0 Å². The number of amides is 1. The van der Waals surface area contributed by atoms with Crippen LogP contribution in [0.15, 0.2) is 29.3 Å². The monoisotopic (exact) mass is 478 g/mol. The summed E-state index contributed by atoms with van der Waals surface area (Å²) in [6.45, 7) is 7.60. The van der Waals surface area contributed by atoms with Crippen molar-refractivity contribution in [2.45, 2.75) is 32.8 Å². The molecule has 0 atom stereocenters. The Bertz CT molecular complexity index is 557. The first-order chi connectivity index (χ1) is 11.8. The molecule has 0 aliphatic carbocycles. The minimum atomic E-state index is -0.508. The number of nitrogens with one attached hydrogen (secondary N) is 3. The van der Waals surface area contributed by atoms with Gasteiger partial charge < -0.3 is 20.1 Å². The first kappa shape index (κ1) is 24.5. The zero-order valence-corrected chi connectivity index (χ0v) is 18.5. The first-order valence-corrected chi connectivity index (χ1v) is 8.36. The number of halogens is 1. The molecule has 0 aromatic heterocycles. The number of nitrogens with zero attached hydrogens (tertiary/aromatic N) is 1. The summed E-state index contributed by atoms with van der Waals surface area (Å²) in [7, 11) is 3.40. The van der Waals surface area contributed by atoms with Crippen molar-refractivity contribution in [2.75, 3.05) is 39.2 Å². The Morgan fingerprint density at radius 1 is 1.12 bits per heavy atom. The van der Waals surface area contributed by atoms with Gasteiger partial charge in [0.25, 0.3) is 0 Å². The molecule has 0 fully saturated rings. The Labute approximate surface area is 173 Å². The smallest absolute Gasteiger partial charge is 0.412 e. The number of hydrogen-bond acceptors (Lipinski definition) is 4. The third kappa shape index (κ3) is 11.1. The number of hydrogen-bond donors (Lipinski definition) is 3. The van der Waals surface area contributed by atoms with E-state index in [9.17, 15) is 4.79 Å². The Kier molecular flexibility index (Phi) is 12.0. The quantitative estimate of drug-likeness (QED) is 0.243. The minimum absolute atomic E-state index is 0. The summed E-state index contributed by atoms with van der Waals surface area (Å²) in [5.41, 5.74) is 1.36. The molecule has 0 saturated carbocycles. The molecule has 0 heterocycles. The van der Waals surface area contributed by atoms with Gasteiger partial charge in [0.1, 0.15) is 5.60 Å². The number of rotatable bonds is 7. The number of aliphatic imine (C=N–C) groups is 1. The molecule has 0 spiro atoms. The lowest BCUT2D eigenvalue weighted by molar-refractivity contribution is 0.0636. The van der Waals surface area contributed by atoms with Gasteiger partial charge in [-0.05, 0) is 44.9 Å². The van der Waals surface area contributed by atoms with E-state index in [4.69, 9.17) is 9.47 Å². The van der Waals surface area contributed by atoms with Crippen molar-refractivity contribution >= 4 is 41.7 Å². The van der Waals surface area contributed by atoms with Crippen molar-refractivity contribution in [3.63, 3.8) is 0 Å². The highest BCUT2D eigenvalue weighted by molar-refractivity contribution is 14.0. The van der Waals surface area contributed by atoms with Crippen LogP contribution in [0.2, 0.25) is 0 Å². The Morgan fingerprint density at radius 2 is 1.73 bits per heavy atom. The molecule has 1 aromatic carbocycles. The second kappa shape index (κ2) is 12.7. The number of guanidine groups is 1. The zero-order valence-electron chi connectivity index (χ0n) is 16.2. The minimum Gasteiger partial charge on any atom is -0.444 e. The highest BCUT2D eigenvalue weighted by Crippen LogP contribution is 2.13. The van der Waals surface area contributed by atoms with Gasteiger partial charge >= 0.3 is 6.09 Å². The van der Waals surface area contributed by atoms with Crippen LogP contribution in [0.1, 0.15) is 26.3 Å². The number of benzene rings is 1. The summed E-state index contributed by atoms with van der Waals surface area (Å²) in [5, 5.41) is 9.12. The van der Waals surface area contributed by atoms with Crippen molar-refractivity contribution in [2.24, 2.45) is 4.99 Å². The molecule has 1 rings (SSSR count). The summed E-state index contributed by atoms with van der Waals surface area (Å²) in [6, 6.07) is 7.70. The van der Waals surface area contributed by atoms with Gasteiger partial charge in [-0.25, -0.2) is 4.79 Å². The normalized spacial score (nSPS) is 11.3. The van der Waals surface area contributed by atoms with Crippen LogP contribution in [0.5, 0.6) is 0 Å². The van der Waals surface area contributed by atoms with E-state index < -0.39 is 11.7 Å². The topological polar surface area (TPSA) is 84.0 Å². The molecular formula is C18H31IN4O3. The van der Waals surface area contributed by atoms with Gasteiger partial charge in [-0.15, -0.1) is 24.0 Å². The molecule has 0 radical (unpaired) electrons. The maximum atomic E-state index is 11.7. The van der Waals surface area contributed by atoms with E-state index in [2.05, 4.69) is 20.9 Å². The maximum Gasteiger partial charge on any atom is 0.412 e. The summed E-state index contributed by atoms with van der Waals surface area (Å²) in [6.07, 6.45) is 0.394. The van der Waals surface area contributed by atoms with Crippen LogP contribution in [0.25, 0.3) is 0 Å². The molecule has 7 nitrogen and oxygen atoms in total. The van der Waals surface area contributed by atoms with E-state index in [1.54, 1.807) is 14.2 Å². The fraction of sp³-hybridized carbons (Fsp3) is 0.556. The lowest BCUT2D eigenvalue weighted by Gasteiger charge is -2.19. The molecule has 0 bridgehead atoms. The number of carbonyl (C=O) groups is 1. The summed E-state index contributed by atoms with van der Waals surface area (Å²) >= 11 is 0. The van der Waals surface area contributed by atoms with Crippen LogP contribution < -0.4 is 16.0 Å². The third-order valence-corrected chi connectivity index (χ3v) is 3.13. The number of methoxy groups -OCH3 is 1. The van der Waals surface area contributed by atoms with Crippen LogP contribution in [-0.4, -0.2) is 51.5 Å². The standard InChI is InChI=1S/C18H30N4O3.HI/c1-18(2,3)25-17(23)22-15-8-6-14(7-9-15)10-11-20-16(19-4)21-12-13-24-5;/h6-9H,10-13H2,1-5H3,(H,22,23)(H2,19,20,21);1H. The van der Waals surface area contributed by atoms with Crippen LogP contribution in [-0.2, 0) is 15.9 Å². The maximum absolute atomic E-state index is 11.7. The van der Waals surface area contributed by atoms with Gasteiger partial charge in [-0.2, -0.15) is 0 Å². The van der Waals surface area contributed by atoms with Crippen molar-refractivity contribution in [1.82, 2.24) is 10.6 Å². The van der Waals surface area contributed by atoms with E-state index in [0.29, 0.717) is 18.8 Å². The molecule has 0 aliphatic heterocycles. The zero-order chi connectivity index (χ0) is 18.7. The van der Waals surface area contributed by atoms with E-state index in [1.807, 2.05) is 45.0 Å². The lowest BCUT2D eigenvalue weighted by atomic mass is 10.1. The van der Waals surface area contributed by atoms with Gasteiger partial charge in [0.2, 0.25) is 0 Å². The predicted octanol–water partition coefficient (Wildman–Crippen LogP) is 3.01. The average Bonchev–Trinajstić information content (AvgIpc) is 2.53. The van der Waals surface area contributed by atoms with E-state index in [0.717, 1.165) is 24.5 Å². The highest BCUT2D eigenvalue weighted by atomic mass is 127. The number of ether oxygens (including phenoxy) is 2. The average molecular weight is 478 g/mol. The van der Waals surface area contributed by atoms with Crippen molar-refractivity contribution in [3.05, 3.63) is 29.8 Å². The molecule has 0 saturated heterocycles. The molecule has 3 N–H and O–H groups in total. The Morgan fingerprint density at radius 3 is 2.27 bits per heavy atom. The highest BCUT2D eigenvalue weighted by Gasteiger charge is 2.15. The predicted molar refractivity (Wildman–Crippen MR) is 117 cm³/mol. The molecular weight excluding hydrogens is 447 g/mol. The molecule has 148 valence electrons. The van der Waals surface area contributed by atoms with E-state index >= 15 is 0 Å². The molecule has 0 aliphatic rings. The van der Waals surface area contributed by atoms with Gasteiger partial charge in [-0.3, -0.25) is 10.3 Å². The van der Waals surface area contributed by atoms with Crippen molar-refractivity contribution < 1.29 is 14.3 Å². The lowest BCUT2D eigenvalue weighted by Crippen LogP contribution is -2.39. The van der Waals surface area contributed by atoms with Crippen molar-refractivity contribution in [1.29, 1.82) is 0 Å². The number of carbonyl (C=O) groups excluding carboxylic acids is 1. The second-order valence-corrected chi connectivity index (χ2v) is 6.49. The van der Waals surface area contributed by atoms with Gasteiger partial charge in [0, 0.05) is 32.9 Å². The molecule has 8 heteroatoms. The molecule has 26 heavy (non-hydrogen) atoms. The van der Waals surface area contributed by atoms with Crippen molar-refractivity contribution in [3.8, 4) is 0 Å². The molecule has 1 aromatic rings. The Balaban J connectivity index is 0.00000625. The second-order valence-electron chi connectivity index (χ2n) is 6.49. The fourth-order valence-electron chi connectivity index (χ4n) is 1.99. The summed E-state index contributed by atoms with van der Waals surface area (Å²) in [4.78, 5) is 15.9. The van der Waals surface area contributed by atoms with Gasteiger partial charge in [0.05, 0.1) is 6.61 Å². The van der Waals surface area contributed by atoms with Crippen LogP contribution in [0.3, 0.4) is 0 Å². The van der Waals surface area contributed by atoms with Crippen LogP contribution in [0.4, 0.5) is 10.5 Å². The number of anilines is 1. The van der Waals surface area contributed by atoms with Gasteiger partial charge in [-0.1, -0.05) is 12.1 Å². The third-order valence-electron chi connectivity index (χ3n) is 3.13. The van der Waals surface area contributed by atoms with Crippen LogP contribution in [0, 0.1) is 0 Å².